The fourth-order valence-electron chi connectivity index (χ4n) is 1.91. The van der Waals surface area contributed by atoms with E-state index in [1.54, 1.807) is 5.92 Å². The summed E-state index contributed by atoms with van der Waals surface area (Å²) in [5, 5.41) is 2.06. The van der Waals surface area contributed by atoms with Crippen molar-refractivity contribution in [2.24, 2.45) is 5.92 Å². The smallest absolute Gasteiger partial charge is 0.415 e. The number of hydrogen-bond donors (Lipinski definition) is 1. The van der Waals surface area contributed by atoms with Crippen LogP contribution >= 0.6 is 11.6 Å². The lowest BCUT2D eigenvalue weighted by atomic mass is 9.90. The van der Waals surface area contributed by atoms with Crippen molar-refractivity contribution >= 4 is 23.4 Å². The molecule has 3 rings (SSSR count). The van der Waals surface area contributed by atoms with E-state index in [0.717, 1.165) is 12.1 Å². The van der Waals surface area contributed by atoms with Crippen LogP contribution in [0.3, 0.4) is 0 Å². The third-order valence-electron chi connectivity index (χ3n) is 2.92. The zero-order valence-electron chi connectivity index (χ0n) is 14.1. The molecule has 1 aromatic rings. The summed E-state index contributed by atoms with van der Waals surface area (Å²) < 4.78 is 75.6. The molecule has 7 heteroatoms. The molecule has 0 radical (unpaired) electrons. The molecule has 1 aromatic carbocycles. The number of rotatable bonds is 0. The second-order valence-corrected chi connectivity index (χ2v) is 4.81. The van der Waals surface area contributed by atoms with Crippen LogP contribution in [0.4, 0.5) is 23.7 Å². The second kappa shape index (κ2) is 4.57. The number of nitrogens with one attached hydrogen (secondary N) is 1. The average molecular weight is 320 g/mol. The highest BCUT2D eigenvalue weighted by atomic mass is 35.5. The molecule has 1 atom stereocenters. The van der Waals surface area contributed by atoms with Crippen molar-refractivity contribution < 1.29 is 28.2 Å². The van der Waals surface area contributed by atoms with Gasteiger partial charge in [0.1, 0.15) is 0 Å². The van der Waals surface area contributed by atoms with Crippen molar-refractivity contribution in [3.63, 3.8) is 0 Å². The average Bonchev–Trinajstić information content (AvgIpc) is 2.85. The van der Waals surface area contributed by atoms with Crippen LogP contribution < -0.4 is 5.32 Å². The first kappa shape index (κ1) is 9.96. The Balaban J connectivity index is 2.18. The maximum absolute atomic E-state index is 13.8. The van der Waals surface area contributed by atoms with Crippen LogP contribution in [0.5, 0.6) is 0 Å². The Morgan fingerprint density at radius 1 is 1.48 bits per heavy atom. The molecule has 1 saturated carbocycles. The van der Waals surface area contributed by atoms with E-state index >= 15 is 0 Å². The van der Waals surface area contributed by atoms with Gasteiger partial charge in [-0.2, -0.15) is 13.2 Å². The van der Waals surface area contributed by atoms with Gasteiger partial charge in [-0.1, -0.05) is 17.5 Å². The van der Waals surface area contributed by atoms with Crippen molar-refractivity contribution in [1.82, 2.24) is 0 Å². The molecule has 0 bridgehead atoms. The van der Waals surface area contributed by atoms with E-state index in [9.17, 15) is 18.0 Å². The summed E-state index contributed by atoms with van der Waals surface area (Å²) in [6.07, 6.45) is -11.3. The largest absolute Gasteiger partial charge is 0.445 e. The number of fused-ring (bicyclic) bond motifs is 1. The molecule has 1 unspecified atom stereocenters. The minimum atomic E-state index is -5.16. The fraction of sp³-hybridized carbons (Fsp3) is 0.357. The number of amides is 1. The van der Waals surface area contributed by atoms with Crippen molar-refractivity contribution in [1.29, 1.82) is 0 Å². The molecule has 1 aliphatic heterocycles. The van der Waals surface area contributed by atoms with Crippen LogP contribution in [-0.4, -0.2) is 12.3 Å². The van der Waals surface area contributed by atoms with Crippen LogP contribution in [0.25, 0.3) is 0 Å². The third-order valence-corrected chi connectivity index (χ3v) is 3.16. The van der Waals surface area contributed by atoms with Gasteiger partial charge in [0.15, 0.2) is 0 Å². The van der Waals surface area contributed by atoms with Crippen molar-refractivity contribution in [3.8, 4) is 11.8 Å². The fourth-order valence-corrected chi connectivity index (χ4v) is 2.08. The molecule has 110 valence electrons. The molecule has 0 saturated heterocycles. The lowest BCUT2D eigenvalue weighted by molar-refractivity contribution is -0.239. The Bertz CT molecular complexity index is 820. The third kappa shape index (κ3) is 2.42. The number of carbonyl (C=O) groups is 1. The SMILES string of the molecule is [2H]C1([2H])C(C#CC2(C(F)(F)F)OC(=O)Nc3ccc(Cl)cc32)C1([2H])[2H]. The van der Waals surface area contributed by atoms with Gasteiger partial charge in [0.05, 0.1) is 5.69 Å². The summed E-state index contributed by atoms with van der Waals surface area (Å²) in [7, 11) is 0. The Morgan fingerprint density at radius 3 is 2.81 bits per heavy atom. The summed E-state index contributed by atoms with van der Waals surface area (Å²) in [6, 6.07) is 3.38. The summed E-state index contributed by atoms with van der Waals surface area (Å²) in [5.41, 5.74) is -4.12. The maximum Gasteiger partial charge on any atom is 0.445 e. The number of carbonyl (C=O) groups excluding carboxylic acids is 1. The van der Waals surface area contributed by atoms with E-state index in [1.165, 1.54) is 6.07 Å². The normalized spacial score (nSPS) is 31.9. The van der Waals surface area contributed by atoms with Crippen molar-refractivity contribution in [3.05, 3.63) is 28.8 Å². The van der Waals surface area contributed by atoms with E-state index in [1.807, 2.05) is 5.92 Å². The highest BCUT2D eigenvalue weighted by Gasteiger charge is 2.62. The van der Waals surface area contributed by atoms with Crippen LogP contribution in [0.2, 0.25) is 5.02 Å². The molecule has 1 fully saturated rings. The minimum absolute atomic E-state index is 0.0500. The van der Waals surface area contributed by atoms with Gasteiger partial charge in [0.2, 0.25) is 0 Å². The number of halogens is 4. The van der Waals surface area contributed by atoms with Gasteiger partial charge in [-0.15, -0.1) is 0 Å². The highest BCUT2D eigenvalue weighted by molar-refractivity contribution is 6.30. The first-order valence-electron chi connectivity index (χ1n) is 7.72. The summed E-state index contributed by atoms with van der Waals surface area (Å²) in [4.78, 5) is 11.6. The quantitative estimate of drug-likeness (QED) is 0.732. The van der Waals surface area contributed by atoms with Crippen LogP contribution in [-0.2, 0) is 10.3 Å². The molecule has 2 aliphatic rings. The molecule has 0 spiro atoms. The number of benzene rings is 1. The zero-order valence-corrected chi connectivity index (χ0v) is 10.9. The van der Waals surface area contributed by atoms with Crippen molar-refractivity contribution in [2.75, 3.05) is 5.32 Å². The first-order chi connectivity index (χ1) is 11.3. The molecule has 1 heterocycles. The van der Waals surface area contributed by atoms with Crippen LogP contribution in [0, 0.1) is 17.8 Å². The lowest BCUT2D eigenvalue weighted by Crippen LogP contribution is -2.49. The maximum atomic E-state index is 13.8. The van der Waals surface area contributed by atoms with E-state index < -0.39 is 42.1 Å². The Kier molecular flexibility index (Phi) is 2.17. The zero-order chi connectivity index (χ0) is 18.8. The lowest BCUT2D eigenvalue weighted by Gasteiger charge is -2.35. The number of hydrogen-bond acceptors (Lipinski definition) is 2. The van der Waals surface area contributed by atoms with Gasteiger partial charge < -0.3 is 4.74 Å². The van der Waals surface area contributed by atoms with Gasteiger partial charge in [0, 0.05) is 22.0 Å². The van der Waals surface area contributed by atoms with Gasteiger partial charge in [-0.25, -0.2) is 4.79 Å². The number of ether oxygens (including phenoxy) is 1. The Labute approximate surface area is 129 Å². The molecule has 1 N–H and O–H groups in total. The van der Waals surface area contributed by atoms with Gasteiger partial charge in [-0.05, 0) is 36.9 Å². The molecule has 21 heavy (non-hydrogen) atoms. The van der Waals surface area contributed by atoms with E-state index in [2.05, 4.69) is 10.1 Å². The number of anilines is 1. The number of alkyl halides is 3. The van der Waals surface area contributed by atoms with Gasteiger partial charge >= 0.3 is 12.3 Å². The summed E-state index contributed by atoms with van der Waals surface area (Å²) >= 11 is 5.75. The number of cyclic esters (lactones) is 1. The molecule has 1 aliphatic carbocycles. The molecular formula is C14H9ClF3NO2. The topological polar surface area (TPSA) is 38.3 Å². The monoisotopic (exact) mass is 319 g/mol. The predicted octanol–water partition coefficient (Wildman–Crippen LogP) is 4.07. The van der Waals surface area contributed by atoms with Gasteiger partial charge in [-0.3, -0.25) is 5.32 Å². The Morgan fingerprint density at radius 2 is 2.19 bits per heavy atom. The standard InChI is InChI=1S/C14H9ClF3NO2/c15-9-3-4-11-10(7-9)13(14(16,17)18,21-12(20)19-11)6-5-8-1-2-8/h3-4,7-8H,1-2H2,(H,19,20)/i1D2,2D2. The second-order valence-electron chi connectivity index (χ2n) is 4.37. The highest BCUT2D eigenvalue weighted by Crippen LogP contribution is 2.48. The summed E-state index contributed by atoms with van der Waals surface area (Å²) in [6.45, 7) is 0. The van der Waals surface area contributed by atoms with Crippen LogP contribution in [0.1, 0.15) is 23.8 Å². The minimum Gasteiger partial charge on any atom is -0.415 e. The van der Waals surface area contributed by atoms with Crippen molar-refractivity contribution in [2.45, 2.75) is 24.5 Å². The first-order valence-corrected chi connectivity index (χ1v) is 6.10. The Hall–Kier alpha value is -1.87. The molecular weight excluding hydrogens is 307 g/mol. The molecule has 0 aromatic heterocycles. The van der Waals surface area contributed by atoms with E-state index in [0.29, 0.717) is 0 Å². The van der Waals surface area contributed by atoms with Gasteiger partial charge in [0.25, 0.3) is 5.60 Å². The molecule has 1 amide bonds. The molecule has 3 nitrogen and oxygen atoms in total. The van der Waals surface area contributed by atoms with E-state index in [-0.39, 0.29) is 10.7 Å². The summed E-state index contributed by atoms with van der Waals surface area (Å²) in [5.74, 6) is 2.16. The van der Waals surface area contributed by atoms with Crippen LogP contribution in [0.15, 0.2) is 18.2 Å². The predicted molar refractivity (Wildman–Crippen MR) is 69.8 cm³/mol. The van der Waals surface area contributed by atoms with E-state index in [4.69, 9.17) is 17.1 Å².